The molecule has 150 valence electrons. The van der Waals surface area contributed by atoms with Crippen LogP contribution in [0.25, 0.3) is 0 Å². The summed E-state index contributed by atoms with van der Waals surface area (Å²) in [6.45, 7) is 5.36. The van der Waals surface area contributed by atoms with E-state index in [0.29, 0.717) is 6.54 Å². The van der Waals surface area contributed by atoms with E-state index in [1.54, 1.807) is 0 Å². The molecule has 0 saturated heterocycles. The molecule has 0 fully saturated rings. The smallest absolute Gasteiger partial charge is 0.241 e. The van der Waals surface area contributed by atoms with Crippen LogP contribution in [0.4, 0.5) is 0 Å². The summed E-state index contributed by atoms with van der Waals surface area (Å²) in [4.78, 5) is 18.9. The van der Waals surface area contributed by atoms with E-state index >= 15 is 0 Å². The maximum atomic E-state index is 12.2. The van der Waals surface area contributed by atoms with Gasteiger partial charge in [0.2, 0.25) is 5.91 Å². The van der Waals surface area contributed by atoms with Gasteiger partial charge in [-0.1, -0.05) is 54.6 Å². The van der Waals surface area contributed by atoms with Crippen molar-refractivity contribution in [3.05, 3.63) is 71.3 Å². The molecule has 3 rings (SSSR count). The molecule has 5 nitrogen and oxygen atoms in total. The maximum absolute atomic E-state index is 12.2. The maximum Gasteiger partial charge on any atom is 0.241 e. The largest absolute Gasteiger partial charge is 0.356 e. The highest BCUT2D eigenvalue weighted by atomic mass is 127. The Bertz CT molecular complexity index is 779. The van der Waals surface area contributed by atoms with Crippen LogP contribution in [-0.2, 0) is 24.2 Å². The summed E-state index contributed by atoms with van der Waals surface area (Å²) in [5, 5.41) is 6.27. The molecule has 2 aromatic carbocycles. The van der Waals surface area contributed by atoms with Crippen molar-refractivity contribution in [3.8, 4) is 0 Å². The molecule has 0 bridgehead atoms. The van der Waals surface area contributed by atoms with Gasteiger partial charge in [-0.25, -0.2) is 4.99 Å². The van der Waals surface area contributed by atoms with Crippen molar-refractivity contribution in [3.63, 3.8) is 0 Å². The lowest BCUT2D eigenvalue weighted by atomic mass is 10.0. The normalized spacial score (nSPS) is 13.3. The number of halogens is 1. The Morgan fingerprint density at radius 2 is 1.75 bits per heavy atom. The third kappa shape index (κ3) is 6.51. The second-order valence-corrected chi connectivity index (χ2v) is 6.70. The van der Waals surface area contributed by atoms with Crippen LogP contribution in [0.15, 0.2) is 59.6 Å². The van der Waals surface area contributed by atoms with Gasteiger partial charge in [0.15, 0.2) is 5.96 Å². The van der Waals surface area contributed by atoms with Gasteiger partial charge in [0.05, 0.1) is 0 Å². The Morgan fingerprint density at radius 3 is 2.50 bits per heavy atom. The summed E-state index contributed by atoms with van der Waals surface area (Å²) >= 11 is 0. The van der Waals surface area contributed by atoms with E-state index in [2.05, 4.69) is 56.9 Å². The molecule has 0 radical (unpaired) electrons. The van der Waals surface area contributed by atoms with E-state index in [1.807, 2.05) is 25.1 Å². The molecule has 28 heavy (non-hydrogen) atoms. The third-order valence-electron chi connectivity index (χ3n) is 4.72. The molecule has 6 heteroatoms. The molecule has 1 amide bonds. The van der Waals surface area contributed by atoms with Crippen LogP contribution in [-0.4, -0.2) is 42.9 Å². The molecule has 0 unspecified atom stereocenters. The highest BCUT2D eigenvalue weighted by Gasteiger charge is 2.18. The van der Waals surface area contributed by atoms with Crippen molar-refractivity contribution in [2.45, 2.75) is 26.3 Å². The van der Waals surface area contributed by atoms with Crippen molar-refractivity contribution < 1.29 is 4.79 Å². The number of benzene rings is 2. The zero-order valence-corrected chi connectivity index (χ0v) is 18.7. The molecule has 0 aromatic heterocycles. The molecule has 0 atom stereocenters. The van der Waals surface area contributed by atoms with E-state index in [0.717, 1.165) is 38.4 Å². The first-order chi connectivity index (χ1) is 13.3. The lowest BCUT2D eigenvalue weighted by Gasteiger charge is -2.31. The molecular formula is C22H29IN4O. The summed E-state index contributed by atoms with van der Waals surface area (Å²) < 4.78 is 0. The van der Waals surface area contributed by atoms with E-state index < -0.39 is 0 Å². The summed E-state index contributed by atoms with van der Waals surface area (Å²) in [5.74, 6) is 0.768. The van der Waals surface area contributed by atoms with Crippen LogP contribution in [0.1, 0.15) is 23.6 Å². The first kappa shape index (κ1) is 22.2. The number of nitrogens with zero attached hydrogens (tertiary/aromatic N) is 2. The fraction of sp³-hybridized carbons (Fsp3) is 0.364. The van der Waals surface area contributed by atoms with Gasteiger partial charge < -0.3 is 15.5 Å². The average Bonchev–Trinajstić information content (AvgIpc) is 2.71. The van der Waals surface area contributed by atoms with Crippen LogP contribution in [0.3, 0.4) is 0 Å². The Labute approximate surface area is 184 Å². The molecular weight excluding hydrogens is 463 g/mol. The van der Waals surface area contributed by atoms with Gasteiger partial charge in [-0.3, -0.25) is 4.79 Å². The first-order valence-electron chi connectivity index (χ1n) is 9.67. The summed E-state index contributed by atoms with van der Waals surface area (Å²) in [5.41, 5.74) is 3.96. The van der Waals surface area contributed by atoms with Crippen molar-refractivity contribution in [2.24, 2.45) is 4.99 Å². The molecule has 0 spiro atoms. The molecule has 0 aliphatic carbocycles. The quantitative estimate of drug-likeness (QED) is 0.371. The number of fused-ring (bicyclic) bond motifs is 1. The number of hydrogen-bond donors (Lipinski definition) is 2. The van der Waals surface area contributed by atoms with Crippen molar-refractivity contribution in [2.75, 3.05) is 26.2 Å². The molecule has 0 saturated carbocycles. The number of amides is 1. The third-order valence-corrected chi connectivity index (χ3v) is 4.72. The lowest BCUT2D eigenvalue weighted by molar-refractivity contribution is -0.119. The van der Waals surface area contributed by atoms with Crippen molar-refractivity contribution in [1.82, 2.24) is 15.5 Å². The van der Waals surface area contributed by atoms with Gasteiger partial charge in [-0.05, 0) is 36.5 Å². The first-order valence-corrected chi connectivity index (χ1v) is 9.67. The van der Waals surface area contributed by atoms with E-state index in [-0.39, 0.29) is 36.4 Å². The minimum Gasteiger partial charge on any atom is -0.356 e. The molecule has 2 N–H and O–H groups in total. The monoisotopic (exact) mass is 492 g/mol. The van der Waals surface area contributed by atoms with Crippen molar-refractivity contribution >= 4 is 35.8 Å². The second kappa shape index (κ2) is 11.7. The van der Waals surface area contributed by atoms with Gasteiger partial charge in [-0.15, -0.1) is 24.0 Å². The average molecular weight is 492 g/mol. The number of carbonyl (C=O) groups excluding carboxylic acids is 1. The molecule has 1 heterocycles. The van der Waals surface area contributed by atoms with Crippen molar-refractivity contribution in [1.29, 1.82) is 0 Å². The predicted octanol–water partition coefficient (Wildman–Crippen LogP) is 2.99. The summed E-state index contributed by atoms with van der Waals surface area (Å²) in [6.07, 6.45) is 1.84. The number of hydrogen-bond acceptors (Lipinski definition) is 2. The van der Waals surface area contributed by atoms with Gasteiger partial charge in [0.1, 0.15) is 6.54 Å². The SMILES string of the molecule is CCNC(=NCC(=O)NCCc1ccccc1)N1CCc2ccccc2C1.I. The van der Waals surface area contributed by atoms with Gasteiger partial charge in [0, 0.05) is 26.2 Å². The Balaban J connectivity index is 0.00000280. The zero-order valence-electron chi connectivity index (χ0n) is 16.4. The van der Waals surface area contributed by atoms with Gasteiger partial charge >= 0.3 is 0 Å². The Morgan fingerprint density at radius 1 is 1.04 bits per heavy atom. The van der Waals surface area contributed by atoms with Crippen LogP contribution >= 0.6 is 24.0 Å². The van der Waals surface area contributed by atoms with E-state index in [9.17, 15) is 4.79 Å². The number of aliphatic imine (C=N–C) groups is 1. The Kier molecular flexibility index (Phi) is 9.27. The summed E-state index contributed by atoms with van der Waals surface area (Å²) in [7, 11) is 0. The van der Waals surface area contributed by atoms with Gasteiger partial charge in [-0.2, -0.15) is 0 Å². The van der Waals surface area contributed by atoms with E-state index in [1.165, 1.54) is 16.7 Å². The number of carbonyl (C=O) groups is 1. The second-order valence-electron chi connectivity index (χ2n) is 6.70. The number of guanidine groups is 1. The van der Waals surface area contributed by atoms with E-state index in [4.69, 9.17) is 0 Å². The fourth-order valence-electron chi connectivity index (χ4n) is 3.30. The predicted molar refractivity (Wildman–Crippen MR) is 125 cm³/mol. The summed E-state index contributed by atoms with van der Waals surface area (Å²) in [6, 6.07) is 18.7. The highest BCUT2D eigenvalue weighted by Crippen LogP contribution is 2.18. The van der Waals surface area contributed by atoms with Crippen LogP contribution < -0.4 is 10.6 Å². The lowest BCUT2D eigenvalue weighted by Crippen LogP contribution is -2.44. The van der Waals surface area contributed by atoms with Crippen LogP contribution in [0, 0.1) is 0 Å². The topological polar surface area (TPSA) is 56.7 Å². The Hall–Kier alpha value is -2.09. The minimum atomic E-state index is -0.0428. The fourth-order valence-corrected chi connectivity index (χ4v) is 3.30. The number of rotatable bonds is 6. The zero-order chi connectivity index (χ0) is 18.9. The minimum absolute atomic E-state index is 0. The van der Waals surface area contributed by atoms with Crippen LogP contribution in [0.2, 0.25) is 0 Å². The van der Waals surface area contributed by atoms with Crippen LogP contribution in [0.5, 0.6) is 0 Å². The number of nitrogens with one attached hydrogen (secondary N) is 2. The van der Waals surface area contributed by atoms with Gasteiger partial charge in [0.25, 0.3) is 0 Å². The molecule has 1 aliphatic rings. The standard InChI is InChI=1S/C22H28N4O.HI/c1-2-23-22(26-15-13-19-10-6-7-11-20(19)17-26)25-16-21(27)24-14-12-18-8-4-3-5-9-18;/h3-11H,2,12-17H2,1H3,(H,23,25)(H,24,27);1H. The molecule has 2 aromatic rings. The highest BCUT2D eigenvalue weighted by molar-refractivity contribution is 14.0. The molecule has 1 aliphatic heterocycles.